The standard InChI is InChI=1S/C12H18F3NO4/c13-12(14,15)7-16(5-6-17)10(18)8-3-1-2-4-9(8)11(19)20/h8-9,17H,1-7H2,(H,19,20)/t8-,9+/m1/s1. The van der Waals surface area contributed by atoms with Crippen molar-refractivity contribution in [2.45, 2.75) is 31.9 Å². The number of aliphatic carboxylic acids is 1. The van der Waals surface area contributed by atoms with Gasteiger partial charge in [-0.2, -0.15) is 13.2 Å². The number of carboxylic acid groups (broad SMARTS) is 1. The van der Waals surface area contributed by atoms with Crippen molar-refractivity contribution >= 4 is 11.9 Å². The number of aliphatic hydroxyl groups excluding tert-OH is 1. The molecule has 1 fully saturated rings. The monoisotopic (exact) mass is 297 g/mol. The Balaban J connectivity index is 2.83. The number of aliphatic hydroxyl groups is 1. The Hall–Kier alpha value is -1.31. The third kappa shape index (κ3) is 4.66. The first-order chi connectivity index (χ1) is 9.26. The van der Waals surface area contributed by atoms with Gasteiger partial charge >= 0.3 is 12.1 Å². The lowest BCUT2D eigenvalue weighted by Crippen LogP contribution is -2.47. The van der Waals surface area contributed by atoms with Crippen molar-refractivity contribution in [2.75, 3.05) is 19.7 Å². The first-order valence-electron chi connectivity index (χ1n) is 6.45. The number of nitrogens with zero attached hydrogens (tertiary/aromatic N) is 1. The summed E-state index contributed by atoms with van der Waals surface area (Å²) in [7, 11) is 0. The van der Waals surface area contributed by atoms with E-state index < -0.39 is 49.6 Å². The number of alkyl halides is 3. The van der Waals surface area contributed by atoms with Gasteiger partial charge in [-0.25, -0.2) is 0 Å². The number of hydrogen-bond acceptors (Lipinski definition) is 3. The fourth-order valence-corrected chi connectivity index (χ4v) is 2.56. The fourth-order valence-electron chi connectivity index (χ4n) is 2.56. The molecular formula is C12H18F3NO4. The minimum Gasteiger partial charge on any atom is -0.481 e. The highest BCUT2D eigenvalue weighted by atomic mass is 19.4. The number of carbonyl (C=O) groups excluding carboxylic acids is 1. The van der Waals surface area contributed by atoms with Gasteiger partial charge in [0, 0.05) is 6.54 Å². The van der Waals surface area contributed by atoms with Crippen LogP contribution in [0.1, 0.15) is 25.7 Å². The largest absolute Gasteiger partial charge is 0.481 e. The number of amides is 1. The average molecular weight is 297 g/mol. The molecule has 1 saturated carbocycles. The van der Waals surface area contributed by atoms with Crippen LogP contribution in [0.15, 0.2) is 0 Å². The maximum atomic E-state index is 12.4. The maximum Gasteiger partial charge on any atom is 0.406 e. The van der Waals surface area contributed by atoms with Crippen LogP contribution < -0.4 is 0 Å². The summed E-state index contributed by atoms with van der Waals surface area (Å²) in [5, 5.41) is 17.8. The van der Waals surface area contributed by atoms with Crippen LogP contribution in [-0.2, 0) is 9.59 Å². The van der Waals surface area contributed by atoms with Crippen LogP contribution in [0, 0.1) is 11.8 Å². The van der Waals surface area contributed by atoms with Gasteiger partial charge in [-0.05, 0) is 12.8 Å². The summed E-state index contributed by atoms with van der Waals surface area (Å²) in [6, 6.07) is 0. The molecule has 1 aliphatic carbocycles. The van der Waals surface area contributed by atoms with E-state index in [4.69, 9.17) is 10.2 Å². The van der Waals surface area contributed by atoms with Crippen molar-refractivity contribution in [2.24, 2.45) is 11.8 Å². The highest BCUT2D eigenvalue weighted by Gasteiger charge is 2.40. The number of carbonyl (C=O) groups is 2. The molecular weight excluding hydrogens is 279 g/mol. The molecule has 0 radical (unpaired) electrons. The summed E-state index contributed by atoms with van der Waals surface area (Å²) < 4.78 is 37.3. The molecule has 0 aromatic carbocycles. The molecule has 1 amide bonds. The smallest absolute Gasteiger partial charge is 0.406 e. The zero-order chi connectivity index (χ0) is 15.3. The van der Waals surface area contributed by atoms with Crippen molar-refractivity contribution in [3.8, 4) is 0 Å². The minimum absolute atomic E-state index is 0.273. The Morgan fingerprint density at radius 3 is 2.15 bits per heavy atom. The Labute approximate surface area is 114 Å². The van der Waals surface area contributed by atoms with Gasteiger partial charge in [0.15, 0.2) is 0 Å². The first-order valence-corrected chi connectivity index (χ1v) is 6.45. The predicted octanol–water partition coefficient (Wildman–Crippen LogP) is 1.26. The molecule has 0 aromatic heterocycles. The third-order valence-corrected chi connectivity index (χ3v) is 3.45. The van der Waals surface area contributed by atoms with Gasteiger partial charge in [-0.3, -0.25) is 9.59 Å². The maximum absolute atomic E-state index is 12.4. The highest BCUT2D eigenvalue weighted by Crippen LogP contribution is 2.32. The molecule has 0 aliphatic heterocycles. The van der Waals surface area contributed by atoms with Crippen LogP contribution >= 0.6 is 0 Å². The first kappa shape index (κ1) is 16.7. The molecule has 1 rings (SSSR count). The van der Waals surface area contributed by atoms with Crippen molar-refractivity contribution in [3.63, 3.8) is 0 Å². The molecule has 0 unspecified atom stereocenters. The molecule has 2 atom stereocenters. The topological polar surface area (TPSA) is 77.8 Å². The second-order valence-electron chi connectivity index (χ2n) is 4.93. The second kappa shape index (κ2) is 6.92. The van der Waals surface area contributed by atoms with Crippen LogP contribution in [0.5, 0.6) is 0 Å². The van der Waals surface area contributed by atoms with E-state index in [1.807, 2.05) is 0 Å². The summed E-state index contributed by atoms with van der Waals surface area (Å²) in [4.78, 5) is 23.7. The number of rotatable bonds is 5. The molecule has 0 aromatic rings. The second-order valence-corrected chi connectivity index (χ2v) is 4.93. The zero-order valence-electron chi connectivity index (χ0n) is 10.9. The van der Waals surface area contributed by atoms with E-state index in [1.165, 1.54) is 0 Å². The van der Waals surface area contributed by atoms with Gasteiger partial charge in [-0.15, -0.1) is 0 Å². The lowest BCUT2D eigenvalue weighted by Gasteiger charge is -2.32. The van der Waals surface area contributed by atoms with Gasteiger partial charge in [0.2, 0.25) is 5.91 Å². The van der Waals surface area contributed by atoms with Gasteiger partial charge in [0.1, 0.15) is 6.54 Å². The zero-order valence-corrected chi connectivity index (χ0v) is 10.9. The summed E-state index contributed by atoms with van der Waals surface area (Å²) in [6.07, 6.45) is -2.72. The number of carboxylic acids is 1. The minimum atomic E-state index is -4.57. The molecule has 8 heteroatoms. The third-order valence-electron chi connectivity index (χ3n) is 3.45. The molecule has 0 bridgehead atoms. The van der Waals surface area contributed by atoms with Gasteiger partial charge in [-0.1, -0.05) is 12.8 Å². The van der Waals surface area contributed by atoms with Gasteiger partial charge < -0.3 is 15.1 Å². The highest BCUT2D eigenvalue weighted by molar-refractivity contribution is 5.85. The van der Waals surface area contributed by atoms with Crippen LogP contribution in [0.25, 0.3) is 0 Å². The van der Waals surface area contributed by atoms with E-state index in [0.717, 1.165) is 0 Å². The quantitative estimate of drug-likeness (QED) is 0.801. The molecule has 0 spiro atoms. The number of hydrogen-bond donors (Lipinski definition) is 2. The van der Waals surface area contributed by atoms with Gasteiger partial charge in [0.25, 0.3) is 0 Å². The Morgan fingerprint density at radius 2 is 1.70 bits per heavy atom. The SMILES string of the molecule is O=C(O)[C@H]1CCCC[C@H]1C(=O)N(CCO)CC(F)(F)F. The van der Waals surface area contributed by atoms with E-state index in [2.05, 4.69) is 0 Å². The Bertz CT molecular complexity index is 359. The summed E-state index contributed by atoms with van der Waals surface area (Å²) in [6.45, 7) is -2.50. The molecule has 5 nitrogen and oxygen atoms in total. The van der Waals surface area contributed by atoms with E-state index in [0.29, 0.717) is 24.2 Å². The molecule has 0 heterocycles. The summed E-state index contributed by atoms with van der Waals surface area (Å²) in [5.41, 5.74) is 0. The predicted molar refractivity (Wildman–Crippen MR) is 62.8 cm³/mol. The molecule has 20 heavy (non-hydrogen) atoms. The average Bonchev–Trinajstić information content (AvgIpc) is 2.36. The van der Waals surface area contributed by atoms with Crippen LogP contribution in [-0.4, -0.2) is 52.9 Å². The Kier molecular flexibility index (Phi) is 5.79. The van der Waals surface area contributed by atoms with Crippen molar-refractivity contribution in [1.29, 1.82) is 0 Å². The normalized spacial score (nSPS) is 23.4. The van der Waals surface area contributed by atoms with E-state index in [9.17, 15) is 22.8 Å². The molecule has 2 N–H and O–H groups in total. The Morgan fingerprint density at radius 1 is 1.15 bits per heavy atom. The molecule has 1 aliphatic rings. The van der Waals surface area contributed by atoms with Crippen molar-refractivity contribution in [1.82, 2.24) is 4.90 Å². The van der Waals surface area contributed by atoms with Crippen LogP contribution in [0.3, 0.4) is 0 Å². The van der Waals surface area contributed by atoms with Crippen LogP contribution in [0.2, 0.25) is 0 Å². The van der Waals surface area contributed by atoms with Gasteiger partial charge in [0.05, 0.1) is 18.4 Å². The van der Waals surface area contributed by atoms with Crippen LogP contribution in [0.4, 0.5) is 13.2 Å². The van der Waals surface area contributed by atoms with E-state index in [-0.39, 0.29) is 6.42 Å². The summed E-state index contributed by atoms with van der Waals surface area (Å²) >= 11 is 0. The van der Waals surface area contributed by atoms with E-state index >= 15 is 0 Å². The van der Waals surface area contributed by atoms with Crippen molar-refractivity contribution < 1.29 is 33.0 Å². The molecule has 0 saturated heterocycles. The lowest BCUT2D eigenvalue weighted by atomic mass is 9.78. The van der Waals surface area contributed by atoms with E-state index in [1.54, 1.807) is 0 Å². The van der Waals surface area contributed by atoms with Crippen molar-refractivity contribution in [3.05, 3.63) is 0 Å². The summed E-state index contributed by atoms with van der Waals surface area (Å²) in [5.74, 6) is -3.86. The fraction of sp³-hybridized carbons (Fsp3) is 0.833. The molecule has 116 valence electrons. The lowest BCUT2D eigenvalue weighted by molar-refractivity contribution is -0.168. The number of halogens is 3.